The summed E-state index contributed by atoms with van der Waals surface area (Å²) in [6, 6.07) is 15.4. The molecule has 0 amide bonds. The Morgan fingerprint density at radius 1 is 1.15 bits per heavy atom. The van der Waals surface area contributed by atoms with Gasteiger partial charge in [0.05, 0.1) is 6.54 Å². The Labute approximate surface area is 122 Å². The maximum atomic E-state index is 12.3. The molecule has 100 valence electrons. The summed E-state index contributed by atoms with van der Waals surface area (Å²) in [6.45, 7) is 2.38. The van der Waals surface area contributed by atoms with Gasteiger partial charge in [0, 0.05) is 22.3 Å². The number of carbonyl (C=O) groups is 1. The van der Waals surface area contributed by atoms with Crippen LogP contribution in [0.2, 0.25) is 5.02 Å². The van der Waals surface area contributed by atoms with Gasteiger partial charge >= 0.3 is 0 Å². The van der Waals surface area contributed by atoms with Gasteiger partial charge in [-0.2, -0.15) is 0 Å². The number of carbonyl (C=O) groups excluding carboxylic acids is 1. The number of rotatable bonds is 3. The van der Waals surface area contributed by atoms with Crippen molar-refractivity contribution < 1.29 is 4.79 Å². The lowest BCUT2D eigenvalue weighted by atomic mass is 10.1. The van der Waals surface area contributed by atoms with Gasteiger partial charge in [-0.15, -0.1) is 0 Å². The number of hydrogen-bond donors (Lipinski definition) is 0. The first-order valence-electron chi connectivity index (χ1n) is 6.48. The molecule has 0 N–H and O–H groups in total. The quantitative estimate of drug-likeness (QED) is 0.649. The minimum absolute atomic E-state index is 0.0616. The molecule has 3 rings (SSSR count). The van der Waals surface area contributed by atoms with E-state index >= 15 is 0 Å². The second kappa shape index (κ2) is 5.14. The van der Waals surface area contributed by atoms with Gasteiger partial charge in [0.15, 0.2) is 5.78 Å². The Morgan fingerprint density at radius 3 is 2.80 bits per heavy atom. The van der Waals surface area contributed by atoms with Gasteiger partial charge in [0.2, 0.25) is 0 Å². The fourth-order valence-electron chi connectivity index (χ4n) is 2.34. The molecule has 2 nitrogen and oxygen atoms in total. The van der Waals surface area contributed by atoms with Crippen molar-refractivity contribution in [3.63, 3.8) is 0 Å². The van der Waals surface area contributed by atoms with E-state index in [-0.39, 0.29) is 5.78 Å². The second-order valence-corrected chi connectivity index (χ2v) is 5.38. The van der Waals surface area contributed by atoms with Crippen LogP contribution in [0.15, 0.2) is 54.7 Å². The van der Waals surface area contributed by atoms with E-state index in [1.165, 1.54) is 5.56 Å². The van der Waals surface area contributed by atoms with E-state index in [4.69, 9.17) is 11.6 Å². The highest BCUT2D eigenvalue weighted by Crippen LogP contribution is 2.18. The standard InChI is InChI=1S/C17H14ClNO/c1-12-5-6-13-7-8-19(16(13)9-12)11-17(20)14-3-2-4-15(18)10-14/h2-10H,11H2,1H3. The molecule has 0 radical (unpaired) electrons. The van der Waals surface area contributed by atoms with Gasteiger partial charge in [0.25, 0.3) is 0 Å². The number of hydrogen-bond acceptors (Lipinski definition) is 1. The Kier molecular flexibility index (Phi) is 3.33. The predicted octanol–water partition coefficient (Wildman–Crippen LogP) is 4.49. The summed E-state index contributed by atoms with van der Waals surface area (Å²) in [7, 11) is 0. The number of nitrogens with zero attached hydrogens (tertiary/aromatic N) is 1. The third-order valence-corrected chi connectivity index (χ3v) is 3.63. The number of Topliss-reactive ketones (excluding diaryl/α,β-unsaturated/α-hetero) is 1. The normalized spacial score (nSPS) is 10.9. The number of halogens is 1. The molecule has 0 unspecified atom stereocenters. The van der Waals surface area contributed by atoms with Crippen LogP contribution in [-0.4, -0.2) is 10.4 Å². The van der Waals surface area contributed by atoms with Crippen LogP contribution in [0.3, 0.4) is 0 Å². The van der Waals surface area contributed by atoms with E-state index in [2.05, 4.69) is 25.1 Å². The van der Waals surface area contributed by atoms with Crippen LogP contribution in [0.25, 0.3) is 10.9 Å². The highest BCUT2D eigenvalue weighted by molar-refractivity contribution is 6.31. The molecular formula is C17H14ClNO. The monoisotopic (exact) mass is 283 g/mol. The Morgan fingerprint density at radius 2 is 2.00 bits per heavy atom. The van der Waals surface area contributed by atoms with Crippen molar-refractivity contribution in [1.82, 2.24) is 4.57 Å². The molecule has 0 aliphatic rings. The van der Waals surface area contributed by atoms with Crippen LogP contribution in [0.1, 0.15) is 15.9 Å². The molecule has 0 aliphatic heterocycles. The van der Waals surface area contributed by atoms with Gasteiger partial charge < -0.3 is 4.57 Å². The van der Waals surface area contributed by atoms with Crippen molar-refractivity contribution in [2.45, 2.75) is 13.5 Å². The molecule has 20 heavy (non-hydrogen) atoms. The summed E-state index contributed by atoms with van der Waals surface area (Å²) in [5.74, 6) is 0.0616. The van der Waals surface area contributed by atoms with E-state index in [0.717, 1.165) is 10.9 Å². The number of ketones is 1. The Bertz CT molecular complexity index is 789. The fourth-order valence-corrected chi connectivity index (χ4v) is 2.53. The van der Waals surface area contributed by atoms with Crippen molar-refractivity contribution in [2.24, 2.45) is 0 Å². The molecule has 0 spiro atoms. The van der Waals surface area contributed by atoms with Crippen LogP contribution in [-0.2, 0) is 6.54 Å². The molecule has 0 saturated heterocycles. The van der Waals surface area contributed by atoms with E-state index < -0.39 is 0 Å². The summed E-state index contributed by atoms with van der Waals surface area (Å²) in [4.78, 5) is 12.3. The van der Waals surface area contributed by atoms with E-state index in [1.807, 2.05) is 16.8 Å². The zero-order valence-electron chi connectivity index (χ0n) is 11.1. The van der Waals surface area contributed by atoms with Gasteiger partial charge in [-0.25, -0.2) is 0 Å². The van der Waals surface area contributed by atoms with Crippen molar-refractivity contribution in [2.75, 3.05) is 0 Å². The molecule has 3 aromatic rings. The Hall–Kier alpha value is -2.06. The summed E-state index contributed by atoms with van der Waals surface area (Å²) < 4.78 is 1.98. The topological polar surface area (TPSA) is 22.0 Å². The molecule has 0 bridgehead atoms. The van der Waals surface area contributed by atoms with Crippen LogP contribution in [0.5, 0.6) is 0 Å². The highest BCUT2D eigenvalue weighted by atomic mass is 35.5. The molecule has 0 atom stereocenters. The van der Waals surface area contributed by atoms with Crippen molar-refractivity contribution in [3.8, 4) is 0 Å². The maximum Gasteiger partial charge on any atom is 0.182 e. The summed E-state index contributed by atoms with van der Waals surface area (Å²) in [5.41, 5.74) is 2.92. The predicted molar refractivity (Wildman–Crippen MR) is 82.5 cm³/mol. The summed E-state index contributed by atoms with van der Waals surface area (Å²) in [6.07, 6.45) is 1.95. The molecule has 1 heterocycles. The van der Waals surface area contributed by atoms with E-state index in [9.17, 15) is 4.79 Å². The lowest BCUT2D eigenvalue weighted by Crippen LogP contribution is -2.09. The van der Waals surface area contributed by atoms with Gasteiger partial charge in [-0.05, 0) is 42.1 Å². The van der Waals surface area contributed by atoms with Crippen molar-refractivity contribution >= 4 is 28.3 Å². The van der Waals surface area contributed by atoms with Crippen LogP contribution >= 0.6 is 11.6 Å². The minimum Gasteiger partial charge on any atom is -0.340 e. The lowest BCUT2D eigenvalue weighted by molar-refractivity contribution is 0.0973. The molecule has 0 aliphatic carbocycles. The number of benzene rings is 2. The zero-order valence-corrected chi connectivity index (χ0v) is 11.9. The maximum absolute atomic E-state index is 12.3. The summed E-state index contributed by atoms with van der Waals surface area (Å²) in [5, 5.41) is 1.73. The highest BCUT2D eigenvalue weighted by Gasteiger charge is 2.09. The van der Waals surface area contributed by atoms with Crippen LogP contribution in [0.4, 0.5) is 0 Å². The summed E-state index contributed by atoms with van der Waals surface area (Å²) >= 11 is 5.93. The van der Waals surface area contributed by atoms with Crippen LogP contribution < -0.4 is 0 Å². The number of fused-ring (bicyclic) bond motifs is 1. The third-order valence-electron chi connectivity index (χ3n) is 3.39. The molecule has 0 fully saturated rings. The van der Waals surface area contributed by atoms with Crippen LogP contribution in [0, 0.1) is 6.92 Å². The molecule has 0 saturated carbocycles. The number of aromatic nitrogens is 1. The van der Waals surface area contributed by atoms with Gasteiger partial charge in [0.1, 0.15) is 0 Å². The van der Waals surface area contributed by atoms with E-state index in [1.54, 1.807) is 24.3 Å². The zero-order chi connectivity index (χ0) is 14.1. The molecular weight excluding hydrogens is 270 g/mol. The minimum atomic E-state index is 0.0616. The number of aryl methyl sites for hydroxylation is 1. The fraction of sp³-hybridized carbons (Fsp3) is 0.118. The van der Waals surface area contributed by atoms with Crippen molar-refractivity contribution in [1.29, 1.82) is 0 Å². The smallest absolute Gasteiger partial charge is 0.182 e. The van der Waals surface area contributed by atoms with E-state index in [0.29, 0.717) is 17.1 Å². The second-order valence-electron chi connectivity index (χ2n) is 4.94. The molecule has 1 aromatic heterocycles. The van der Waals surface area contributed by atoms with Gasteiger partial charge in [-0.3, -0.25) is 4.79 Å². The third kappa shape index (κ3) is 2.47. The largest absolute Gasteiger partial charge is 0.340 e. The first kappa shape index (κ1) is 12.9. The molecule has 3 heteroatoms. The first-order valence-corrected chi connectivity index (χ1v) is 6.85. The average Bonchev–Trinajstić information content (AvgIpc) is 2.81. The lowest BCUT2D eigenvalue weighted by Gasteiger charge is -2.06. The van der Waals surface area contributed by atoms with Crippen molar-refractivity contribution in [3.05, 3.63) is 70.9 Å². The first-order chi connectivity index (χ1) is 9.63. The molecule has 2 aromatic carbocycles. The Balaban J connectivity index is 1.93. The average molecular weight is 284 g/mol. The van der Waals surface area contributed by atoms with Gasteiger partial charge in [-0.1, -0.05) is 35.9 Å². The SMILES string of the molecule is Cc1ccc2ccn(CC(=O)c3cccc(Cl)c3)c2c1.